The van der Waals surface area contributed by atoms with Gasteiger partial charge in [0.15, 0.2) is 0 Å². The van der Waals surface area contributed by atoms with Crippen molar-refractivity contribution in [3.8, 4) is 0 Å². The minimum Gasteiger partial charge on any atom is -0.364 e. The molecular weight excluding hydrogens is 312 g/mol. The Morgan fingerprint density at radius 2 is 1.07 bits per heavy atom. The summed E-state index contributed by atoms with van der Waals surface area (Å²) < 4.78 is 11.0. The number of ether oxygens (including phenoxy) is 2. The molecule has 0 aromatic carbocycles. The predicted octanol–water partition coefficient (Wildman–Crippen LogP) is 3.77. The third-order valence-electron chi connectivity index (χ3n) is 1.69. The third kappa shape index (κ3) is 7.21. The molecule has 0 fully saturated rings. The van der Waals surface area contributed by atoms with E-state index in [-0.39, 0.29) is 10.0 Å². The maximum absolute atomic E-state index is 5.50. The summed E-state index contributed by atoms with van der Waals surface area (Å²) in [5.41, 5.74) is 0. The first kappa shape index (κ1) is 14.9. The van der Waals surface area contributed by atoms with Gasteiger partial charge in [0.2, 0.25) is 0 Å². The van der Waals surface area contributed by atoms with Gasteiger partial charge in [-0.2, -0.15) is 0 Å². The van der Waals surface area contributed by atoms with Gasteiger partial charge in [0, 0.05) is 0 Å². The van der Waals surface area contributed by atoms with Crippen molar-refractivity contribution in [2.45, 2.75) is 37.7 Å². The van der Waals surface area contributed by atoms with Crippen LogP contribution in [0.3, 0.4) is 0 Å². The Hall–Kier alpha value is 0.880. The average Bonchev–Trinajstić information content (AvgIpc) is 2.11. The molecule has 0 N–H and O–H groups in total. The monoisotopic (exact) mass is 330 g/mol. The molecule has 0 radical (unpaired) electrons. The zero-order chi connectivity index (χ0) is 11.1. The highest BCUT2D eigenvalue weighted by molar-refractivity contribution is 9.09. The summed E-state index contributed by atoms with van der Waals surface area (Å²) >= 11 is 6.90. The van der Waals surface area contributed by atoms with Crippen molar-refractivity contribution >= 4 is 31.9 Å². The molecule has 2 nitrogen and oxygen atoms in total. The van der Waals surface area contributed by atoms with Crippen LogP contribution in [0.25, 0.3) is 0 Å². The minimum absolute atomic E-state index is 0.124. The van der Waals surface area contributed by atoms with Crippen LogP contribution in [0.1, 0.15) is 27.7 Å². The Labute approximate surface area is 104 Å². The van der Waals surface area contributed by atoms with Crippen molar-refractivity contribution in [3.05, 3.63) is 0 Å². The second kappa shape index (κ2) is 8.08. The van der Waals surface area contributed by atoms with Crippen LogP contribution in [0.2, 0.25) is 0 Å². The number of rotatable bonds is 7. The van der Waals surface area contributed by atoms with E-state index in [9.17, 15) is 0 Å². The molecule has 2 unspecified atom stereocenters. The maximum atomic E-state index is 5.50. The number of hydrogen-bond acceptors (Lipinski definition) is 2. The van der Waals surface area contributed by atoms with Crippen LogP contribution in [0.4, 0.5) is 0 Å². The second-order valence-corrected chi connectivity index (χ2v) is 5.74. The van der Waals surface area contributed by atoms with Gasteiger partial charge in [0.25, 0.3) is 0 Å². The van der Waals surface area contributed by atoms with E-state index >= 15 is 0 Å². The Morgan fingerprint density at radius 1 is 0.786 bits per heavy atom. The highest BCUT2D eigenvalue weighted by Gasteiger charge is 2.11. The lowest BCUT2D eigenvalue weighted by Crippen LogP contribution is -2.19. The molecule has 0 aliphatic rings. The molecule has 86 valence electrons. The fourth-order valence-corrected chi connectivity index (χ4v) is 1.08. The summed E-state index contributed by atoms with van der Waals surface area (Å²) in [6.07, 6.45) is 0. The zero-order valence-corrected chi connectivity index (χ0v) is 12.5. The fraction of sp³-hybridized carbons (Fsp3) is 1.00. The summed E-state index contributed by atoms with van der Waals surface area (Å²) in [6.45, 7) is 9.71. The molecule has 0 rings (SSSR count). The van der Waals surface area contributed by atoms with E-state index in [2.05, 4.69) is 59.6 Å². The van der Waals surface area contributed by atoms with E-state index in [1.165, 1.54) is 0 Å². The van der Waals surface area contributed by atoms with Gasteiger partial charge >= 0.3 is 0 Å². The molecule has 0 saturated heterocycles. The molecule has 0 aromatic rings. The Morgan fingerprint density at radius 3 is 1.29 bits per heavy atom. The Balaban J connectivity index is 3.38. The van der Waals surface area contributed by atoms with Gasteiger partial charge in [0.05, 0.1) is 13.2 Å². The number of alkyl halides is 2. The lowest BCUT2D eigenvalue weighted by Gasteiger charge is -2.17. The van der Waals surface area contributed by atoms with E-state index in [0.717, 1.165) is 0 Å². The van der Waals surface area contributed by atoms with Crippen LogP contribution < -0.4 is 0 Å². The molecule has 0 bridgehead atoms. The third-order valence-corrected chi connectivity index (χ3v) is 4.33. The number of halogens is 2. The first-order valence-corrected chi connectivity index (χ1v) is 6.79. The molecule has 14 heavy (non-hydrogen) atoms. The highest BCUT2D eigenvalue weighted by Crippen LogP contribution is 2.15. The van der Waals surface area contributed by atoms with Gasteiger partial charge in [-0.15, -0.1) is 0 Å². The largest absolute Gasteiger partial charge is 0.364 e. The van der Waals surface area contributed by atoms with E-state index in [1.54, 1.807) is 0 Å². The molecule has 0 amide bonds. The van der Waals surface area contributed by atoms with Gasteiger partial charge < -0.3 is 9.47 Å². The maximum Gasteiger partial charge on any atom is 0.114 e. The number of hydrogen-bond donors (Lipinski definition) is 0. The van der Waals surface area contributed by atoms with Crippen molar-refractivity contribution in [2.24, 2.45) is 11.8 Å². The Bertz CT molecular complexity index is 124. The van der Waals surface area contributed by atoms with E-state index in [4.69, 9.17) is 9.47 Å². The van der Waals surface area contributed by atoms with E-state index < -0.39 is 0 Å². The van der Waals surface area contributed by atoms with Crippen LogP contribution in [-0.2, 0) is 9.47 Å². The molecule has 2 atom stereocenters. The highest BCUT2D eigenvalue weighted by atomic mass is 79.9. The van der Waals surface area contributed by atoms with Gasteiger partial charge in [0.1, 0.15) is 10.0 Å². The smallest absolute Gasteiger partial charge is 0.114 e. The molecule has 0 spiro atoms. The summed E-state index contributed by atoms with van der Waals surface area (Å²) in [5.74, 6) is 0.972. The molecular formula is C10H20Br2O2. The van der Waals surface area contributed by atoms with Gasteiger partial charge in [-0.3, -0.25) is 0 Å². The molecule has 0 aliphatic carbocycles. The summed E-state index contributed by atoms with van der Waals surface area (Å²) in [7, 11) is 0. The van der Waals surface area contributed by atoms with Crippen molar-refractivity contribution in [3.63, 3.8) is 0 Å². The van der Waals surface area contributed by atoms with Crippen LogP contribution in [0.5, 0.6) is 0 Å². The first-order chi connectivity index (χ1) is 6.45. The molecule has 0 aromatic heterocycles. The molecule has 0 saturated carbocycles. The Kier molecular flexibility index (Phi) is 8.59. The van der Waals surface area contributed by atoms with Gasteiger partial charge in [-0.1, -0.05) is 59.6 Å². The van der Waals surface area contributed by atoms with Crippen LogP contribution >= 0.6 is 31.9 Å². The van der Waals surface area contributed by atoms with E-state index in [1.807, 2.05) is 0 Å². The van der Waals surface area contributed by atoms with Crippen molar-refractivity contribution in [1.29, 1.82) is 0 Å². The normalized spacial score (nSPS) is 16.3. The molecule has 0 heterocycles. The quantitative estimate of drug-likeness (QED) is 0.522. The van der Waals surface area contributed by atoms with Crippen LogP contribution in [0, 0.1) is 11.8 Å². The van der Waals surface area contributed by atoms with Crippen molar-refractivity contribution < 1.29 is 9.47 Å². The second-order valence-electron chi connectivity index (χ2n) is 3.93. The summed E-state index contributed by atoms with van der Waals surface area (Å²) in [6, 6.07) is 0. The van der Waals surface area contributed by atoms with Crippen LogP contribution in [-0.4, -0.2) is 23.2 Å². The lowest BCUT2D eigenvalue weighted by atomic mass is 10.2. The zero-order valence-electron chi connectivity index (χ0n) is 9.30. The van der Waals surface area contributed by atoms with E-state index in [0.29, 0.717) is 25.0 Å². The van der Waals surface area contributed by atoms with Crippen molar-refractivity contribution in [1.82, 2.24) is 0 Å². The van der Waals surface area contributed by atoms with Gasteiger partial charge in [-0.05, 0) is 11.8 Å². The predicted molar refractivity (Wildman–Crippen MR) is 67.0 cm³/mol. The summed E-state index contributed by atoms with van der Waals surface area (Å²) in [4.78, 5) is 0. The standard InChI is InChI=1S/C10H20Br2O2/c1-7(2)9(11)13-5-6-14-10(12)8(3)4/h7-10H,5-6H2,1-4H3. The topological polar surface area (TPSA) is 18.5 Å². The first-order valence-electron chi connectivity index (χ1n) is 4.96. The SMILES string of the molecule is CC(C)C(Br)OCCOC(Br)C(C)C. The van der Waals surface area contributed by atoms with Crippen molar-refractivity contribution in [2.75, 3.05) is 13.2 Å². The van der Waals surface area contributed by atoms with Gasteiger partial charge in [-0.25, -0.2) is 0 Å². The van der Waals surface area contributed by atoms with Crippen LogP contribution in [0.15, 0.2) is 0 Å². The average molecular weight is 332 g/mol. The molecule has 4 heteroatoms. The minimum atomic E-state index is 0.124. The lowest BCUT2D eigenvalue weighted by molar-refractivity contribution is 0.0103. The molecule has 0 aliphatic heterocycles. The summed E-state index contributed by atoms with van der Waals surface area (Å²) in [5, 5.41) is 0.248. The fourth-order valence-electron chi connectivity index (χ4n) is 0.706.